The van der Waals surface area contributed by atoms with Gasteiger partial charge in [0.1, 0.15) is 11.4 Å². The molecule has 0 heterocycles. The first-order valence-corrected chi connectivity index (χ1v) is 7.00. The maximum Gasteiger partial charge on any atom is 0.320 e. The summed E-state index contributed by atoms with van der Waals surface area (Å²) in [6, 6.07) is 7.95. The third kappa shape index (κ3) is 6.06. The number of benzene rings is 1. The number of carbonyl (C=O) groups is 1. The Bertz CT molecular complexity index is 420. The molecule has 0 spiro atoms. The van der Waals surface area contributed by atoms with E-state index in [1.807, 2.05) is 58.9 Å². The highest BCUT2D eigenvalue weighted by Crippen LogP contribution is 2.17. The van der Waals surface area contributed by atoms with E-state index in [2.05, 4.69) is 5.32 Å². The van der Waals surface area contributed by atoms with E-state index in [0.29, 0.717) is 6.61 Å². The summed E-state index contributed by atoms with van der Waals surface area (Å²) in [5.74, 6) is 0.617. The third-order valence-electron chi connectivity index (χ3n) is 2.66. The smallest absolute Gasteiger partial charge is 0.320 e. The van der Waals surface area contributed by atoms with Crippen molar-refractivity contribution in [3.05, 3.63) is 29.8 Å². The van der Waals surface area contributed by atoms with Crippen LogP contribution in [0.15, 0.2) is 24.3 Å². The summed E-state index contributed by atoms with van der Waals surface area (Å²) in [5.41, 5.74) is 0.665. The summed E-state index contributed by atoms with van der Waals surface area (Å²) >= 11 is 0. The van der Waals surface area contributed by atoms with Gasteiger partial charge in [-0.25, -0.2) is 0 Å². The normalized spacial score (nSPS) is 12.8. The average molecular weight is 279 g/mol. The monoisotopic (exact) mass is 279 g/mol. The van der Waals surface area contributed by atoms with E-state index in [1.165, 1.54) is 0 Å². The molecule has 0 fully saturated rings. The van der Waals surface area contributed by atoms with E-state index in [4.69, 9.17) is 9.47 Å². The van der Waals surface area contributed by atoms with Crippen LogP contribution in [0, 0.1) is 0 Å². The first-order valence-electron chi connectivity index (χ1n) is 7.00. The maximum atomic E-state index is 11.6. The molecule has 20 heavy (non-hydrogen) atoms. The van der Waals surface area contributed by atoms with Gasteiger partial charge in [-0.15, -0.1) is 0 Å². The van der Waals surface area contributed by atoms with Crippen LogP contribution in [-0.4, -0.2) is 24.7 Å². The molecule has 0 aliphatic rings. The second-order valence-electron chi connectivity index (χ2n) is 5.69. The van der Waals surface area contributed by atoms with Crippen LogP contribution in [-0.2, 0) is 9.53 Å². The third-order valence-corrected chi connectivity index (χ3v) is 2.66. The number of hydrogen-bond donors (Lipinski definition) is 1. The van der Waals surface area contributed by atoms with Crippen LogP contribution in [0.25, 0.3) is 0 Å². The Morgan fingerprint density at radius 1 is 1.25 bits per heavy atom. The van der Waals surface area contributed by atoms with Crippen LogP contribution >= 0.6 is 0 Å². The lowest BCUT2D eigenvalue weighted by molar-refractivity contribution is -0.153. The molecule has 0 bridgehead atoms. The van der Waals surface area contributed by atoms with E-state index in [1.54, 1.807) is 0 Å². The van der Waals surface area contributed by atoms with Crippen molar-refractivity contribution in [3.8, 4) is 5.75 Å². The minimum absolute atomic E-state index is 0.0817. The topological polar surface area (TPSA) is 47.6 Å². The van der Waals surface area contributed by atoms with Crippen LogP contribution in [0.5, 0.6) is 5.75 Å². The fourth-order valence-electron chi connectivity index (χ4n) is 1.75. The Hall–Kier alpha value is -1.55. The van der Waals surface area contributed by atoms with E-state index in [0.717, 1.165) is 11.3 Å². The van der Waals surface area contributed by atoms with Gasteiger partial charge >= 0.3 is 5.97 Å². The molecule has 0 saturated heterocycles. The minimum atomic E-state index is -0.443. The second-order valence-corrected chi connectivity index (χ2v) is 5.69. The van der Waals surface area contributed by atoms with E-state index in [9.17, 15) is 4.79 Å². The van der Waals surface area contributed by atoms with Gasteiger partial charge in [0.2, 0.25) is 0 Å². The van der Waals surface area contributed by atoms with Crippen LogP contribution < -0.4 is 10.1 Å². The van der Waals surface area contributed by atoms with Crippen molar-refractivity contribution < 1.29 is 14.3 Å². The summed E-state index contributed by atoms with van der Waals surface area (Å²) in [6.45, 7) is 10.4. The number of carbonyl (C=O) groups excluding carboxylic acids is 1. The number of ether oxygens (including phenoxy) is 2. The van der Waals surface area contributed by atoms with Crippen molar-refractivity contribution in [3.63, 3.8) is 0 Å². The fraction of sp³-hybridized carbons (Fsp3) is 0.562. The second kappa shape index (κ2) is 7.29. The largest absolute Gasteiger partial charge is 0.494 e. The number of esters is 1. The zero-order valence-corrected chi connectivity index (χ0v) is 13.0. The van der Waals surface area contributed by atoms with Gasteiger partial charge in [0.15, 0.2) is 0 Å². The van der Waals surface area contributed by atoms with E-state index >= 15 is 0 Å². The lowest BCUT2D eigenvalue weighted by Crippen LogP contribution is -2.32. The lowest BCUT2D eigenvalue weighted by atomic mass is 10.1. The van der Waals surface area contributed by atoms with E-state index < -0.39 is 5.60 Å². The zero-order valence-electron chi connectivity index (χ0n) is 13.0. The molecule has 1 N–H and O–H groups in total. The van der Waals surface area contributed by atoms with Crippen LogP contribution in [0.3, 0.4) is 0 Å². The predicted octanol–water partition coefficient (Wildman–Crippen LogP) is 3.08. The molecular formula is C16H25NO3. The lowest BCUT2D eigenvalue weighted by Gasteiger charge is -2.21. The Kier molecular flexibility index (Phi) is 6.02. The highest BCUT2D eigenvalue weighted by molar-refractivity contribution is 5.72. The molecule has 0 saturated carbocycles. The Balaban J connectivity index is 2.46. The van der Waals surface area contributed by atoms with Crippen molar-refractivity contribution in [2.75, 3.05) is 13.2 Å². The van der Waals surface area contributed by atoms with Crippen LogP contribution in [0.4, 0.5) is 0 Å². The minimum Gasteiger partial charge on any atom is -0.494 e. The molecule has 0 aliphatic carbocycles. The van der Waals surface area contributed by atoms with Gasteiger partial charge in [0.05, 0.1) is 13.2 Å². The molecule has 1 unspecified atom stereocenters. The summed E-state index contributed by atoms with van der Waals surface area (Å²) < 4.78 is 10.7. The first-order chi connectivity index (χ1) is 9.31. The Morgan fingerprint density at radius 2 is 1.85 bits per heavy atom. The van der Waals surface area contributed by atoms with Crippen LogP contribution in [0.2, 0.25) is 0 Å². The quantitative estimate of drug-likeness (QED) is 0.813. The molecule has 112 valence electrons. The SMILES string of the molecule is CCOc1ccc(C(C)NCC(=O)OC(C)(C)C)cc1. The number of rotatable bonds is 6. The highest BCUT2D eigenvalue weighted by Gasteiger charge is 2.16. The van der Waals surface area contributed by atoms with Crippen LogP contribution in [0.1, 0.15) is 46.2 Å². The molecule has 0 amide bonds. The van der Waals surface area contributed by atoms with Gasteiger partial charge in [-0.3, -0.25) is 4.79 Å². The fourth-order valence-corrected chi connectivity index (χ4v) is 1.75. The molecule has 4 nitrogen and oxygen atoms in total. The molecule has 1 atom stereocenters. The summed E-state index contributed by atoms with van der Waals surface area (Å²) in [7, 11) is 0. The Labute approximate surface area is 121 Å². The van der Waals surface area contributed by atoms with Gasteiger partial charge in [-0.1, -0.05) is 12.1 Å². The molecule has 0 aliphatic heterocycles. The predicted molar refractivity (Wildman–Crippen MR) is 79.9 cm³/mol. The molecular weight excluding hydrogens is 254 g/mol. The molecule has 0 aromatic heterocycles. The molecule has 1 aromatic rings. The van der Waals surface area contributed by atoms with Crippen molar-refractivity contribution in [2.45, 2.75) is 46.3 Å². The van der Waals surface area contributed by atoms with Gasteiger partial charge < -0.3 is 14.8 Å². The Morgan fingerprint density at radius 3 is 2.35 bits per heavy atom. The van der Waals surface area contributed by atoms with Crippen molar-refractivity contribution in [2.24, 2.45) is 0 Å². The maximum absolute atomic E-state index is 11.6. The zero-order chi connectivity index (χ0) is 15.2. The average Bonchev–Trinajstić information content (AvgIpc) is 2.35. The first kappa shape index (κ1) is 16.5. The molecule has 0 radical (unpaired) electrons. The molecule has 4 heteroatoms. The van der Waals surface area contributed by atoms with Crippen molar-refractivity contribution in [1.82, 2.24) is 5.32 Å². The van der Waals surface area contributed by atoms with Gasteiger partial charge in [0.25, 0.3) is 0 Å². The van der Waals surface area contributed by atoms with Crippen molar-refractivity contribution >= 4 is 5.97 Å². The highest BCUT2D eigenvalue weighted by atomic mass is 16.6. The molecule has 1 aromatic carbocycles. The summed E-state index contributed by atoms with van der Waals surface area (Å²) in [4.78, 5) is 11.6. The standard InChI is InChI=1S/C16H25NO3/c1-6-19-14-9-7-13(8-10-14)12(2)17-11-15(18)20-16(3,4)5/h7-10,12,17H,6,11H2,1-5H3. The van der Waals surface area contributed by atoms with Gasteiger partial charge in [-0.2, -0.15) is 0 Å². The summed E-state index contributed by atoms with van der Waals surface area (Å²) in [5, 5.41) is 3.16. The number of nitrogens with one attached hydrogen (secondary N) is 1. The van der Waals surface area contributed by atoms with Gasteiger partial charge in [-0.05, 0) is 52.3 Å². The van der Waals surface area contributed by atoms with Crippen molar-refractivity contribution in [1.29, 1.82) is 0 Å². The van der Waals surface area contributed by atoms with Gasteiger partial charge in [0, 0.05) is 6.04 Å². The molecule has 1 rings (SSSR count). The summed E-state index contributed by atoms with van der Waals surface area (Å²) in [6.07, 6.45) is 0. The van der Waals surface area contributed by atoms with E-state index in [-0.39, 0.29) is 18.6 Å². The number of hydrogen-bond acceptors (Lipinski definition) is 4.